The lowest BCUT2D eigenvalue weighted by Crippen LogP contribution is -2.68. The maximum absolute atomic E-state index is 12.5. The fourth-order valence-corrected chi connectivity index (χ4v) is 4.90. The molecule has 0 aromatic rings. The molecular formula is C13H19I2N3O7. The molecular weight excluding hydrogens is 564 g/mol. The van der Waals surface area contributed by atoms with E-state index in [0.717, 1.165) is 0 Å². The molecule has 25 heavy (non-hydrogen) atoms. The summed E-state index contributed by atoms with van der Waals surface area (Å²) in [5.41, 5.74) is -0.947. The number of aliphatic hydroxyl groups is 3. The average Bonchev–Trinajstić information content (AvgIpc) is 3.30. The van der Waals surface area contributed by atoms with E-state index in [1.54, 1.807) is 22.6 Å². The molecule has 0 aromatic heterocycles. The highest BCUT2D eigenvalue weighted by Gasteiger charge is 2.63. The molecule has 1 heterocycles. The van der Waals surface area contributed by atoms with Gasteiger partial charge in [0.2, 0.25) is 15.6 Å². The molecule has 2 amide bonds. The molecule has 0 spiro atoms. The van der Waals surface area contributed by atoms with E-state index in [1.807, 2.05) is 22.9 Å². The van der Waals surface area contributed by atoms with Crippen molar-refractivity contribution in [2.75, 3.05) is 6.61 Å². The Bertz CT molecular complexity index is 566. The van der Waals surface area contributed by atoms with Gasteiger partial charge >= 0.3 is 0 Å². The van der Waals surface area contributed by atoms with Gasteiger partial charge in [-0.15, -0.1) is 0 Å². The van der Waals surface area contributed by atoms with Crippen LogP contribution in [0.3, 0.4) is 0 Å². The average molecular weight is 583 g/mol. The third kappa shape index (κ3) is 4.24. The third-order valence-corrected chi connectivity index (χ3v) is 6.30. The van der Waals surface area contributed by atoms with Crippen molar-refractivity contribution in [1.29, 1.82) is 0 Å². The fourth-order valence-electron chi connectivity index (χ4n) is 2.81. The highest BCUT2D eigenvalue weighted by atomic mass is 127. The van der Waals surface area contributed by atoms with Crippen molar-refractivity contribution < 1.29 is 34.4 Å². The zero-order chi connectivity index (χ0) is 18.9. The number of hydrogen-bond acceptors (Lipinski definition) is 8. The molecule has 2 rings (SSSR count). The standard InChI is InChI=1S/C13H19I2N3O7/c1-4(20)16-7-9(22)8(21)6(3-19)25-11(7)17-10(23)5-2-13(5,18-15)12(14)24/h5-9,11,18-19,21-22H,2-3H2,1H3,(H,16,20)(H,17,23). The molecule has 1 saturated heterocycles. The van der Waals surface area contributed by atoms with E-state index in [9.17, 15) is 29.7 Å². The summed E-state index contributed by atoms with van der Waals surface area (Å²) in [6, 6.07) is -1.10. The van der Waals surface area contributed by atoms with Crippen LogP contribution in [0.1, 0.15) is 13.3 Å². The van der Waals surface area contributed by atoms with Crippen molar-refractivity contribution >= 4 is 61.1 Å². The Balaban J connectivity index is 2.12. The topological polar surface area (TPSA) is 157 Å². The van der Waals surface area contributed by atoms with Crippen LogP contribution in [0.2, 0.25) is 0 Å². The minimum atomic E-state index is -1.45. The second-order valence-electron chi connectivity index (χ2n) is 6.09. The van der Waals surface area contributed by atoms with Gasteiger partial charge in [0.05, 0.1) is 12.5 Å². The first-order valence-corrected chi connectivity index (χ1v) is 9.61. The number of halogens is 2. The van der Waals surface area contributed by atoms with E-state index < -0.39 is 60.5 Å². The third-order valence-electron chi connectivity index (χ3n) is 4.38. The monoisotopic (exact) mass is 583 g/mol. The van der Waals surface area contributed by atoms with Crippen LogP contribution in [0.15, 0.2) is 0 Å². The second kappa shape index (κ2) is 8.26. The number of carbonyl (C=O) groups is 3. The Morgan fingerprint density at radius 3 is 2.32 bits per heavy atom. The number of ether oxygens (including phenoxy) is 1. The summed E-state index contributed by atoms with van der Waals surface area (Å²) in [4.78, 5) is 35.5. The molecule has 0 bridgehead atoms. The Labute approximate surface area is 171 Å². The highest BCUT2D eigenvalue weighted by Crippen LogP contribution is 2.47. The lowest BCUT2D eigenvalue weighted by Gasteiger charge is -2.42. The Morgan fingerprint density at radius 2 is 1.88 bits per heavy atom. The van der Waals surface area contributed by atoms with Crippen LogP contribution in [0.4, 0.5) is 0 Å². The van der Waals surface area contributed by atoms with Gasteiger partial charge in [0.1, 0.15) is 29.9 Å². The molecule has 0 aromatic carbocycles. The zero-order valence-electron chi connectivity index (χ0n) is 13.1. The molecule has 2 aliphatic rings. The van der Waals surface area contributed by atoms with Crippen LogP contribution in [0, 0.1) is 5.92 Å². The van der Waals surface area contributed by atoms with Crippen molar-refractivity contribution in [3.8, 4) is 0 Å². The molecule has 1 saturated carbocycles. The molecule has 10 nitrogen and oxygen atoms in total. The predicted molar refractivity (Wildman–Crippen MR) is 101 cm³/mol. The van der Waals surface area contributed by atoms with E-state index in [2.05, 4.69) is 14.2 Å². The lowest BCUT2D eigenvalue weighted by molar-refractivity contribution is -0.203. The minimum absolute atomic E-state index is 0.202. The Morgan fingerprint density at radius 1 is 1.24 bits per heavy atom. The van der Waals surface area contributed by atoms with Crippen LogP contribution in [-0.2, 0) is 19.1 Å². The minimum Gasteiger partial charge on any atom is -0.394 e. The zero-order valence-corrected chi connectivity index (χ0v) is 17.4. The smallest absolute Gasteiger partial charge is 0.227 e. The van der Waals surface area contributed by atoms with Crippen molar-refractivity contribution in [3.05, 3.63) is 0 Å². The van der Waals surface area contributed by atoms with Gasteiger partial charge in [0, 0.05) is 52.4 Å². The first-order chi connectivity index (χ1) is 11.7. The summed E-state index contributed by atoms with van der Waals surface area (Å²) in [5.74, 6) is -1.60. The van der Waals surface area contributed by atoms with Crippen molar-refractivity contribution in [3.63, 3.8) is 0 Å². The summed E-state index contributed by atoms with van der Waals surface area (Å²) in [6.45, 7) is 0.642. The molecule has 1 aliphatic carbocycles. The van der Waals surface area contributed by atoms with Crippen molar-refractivity contribution in [2.45, 2.75) is 49.5 Å². The number of carbonyl (C=O) groups excluding carboxylic acids is 3. The van der Waals surface area contributed by atoms with Crippen LogP contribution in [0.25, 0.3) is 0 Å². The normalized spacial score (nSPS) is 40.2. The number of amides is 2. The number of nitrogens with one attached hydrogen (secondary N) is 3. The van der Waals surface area contributed by atoms with Gasteiger partial charge in [-0.05, 0) is 6.42 Å². The van der Waals surface area contributed by atoms with Gasteiger partial charge in [0.15, 0.2) is 6.23 Å². The number of hydrogen-bond donors (Lipinski definition) is 6. The maximum atomic E-state index is 12.5. The Hall–Kier alpha value is -0.130. The SMILES string of the molecule is CC(=O)NC1C(NC(=O)C2CC2(NI)C(=O)I)OC(CO)C(O)C1O. The molecule has 7 unspecified atom stereocenters. The lowest BCUT2D eigenvalue weighted by atomic mass is 9.95. The summed E-state index contributed by atoms with van der Waals surface area (Å²) >= 11 is 3.43. The largest absolute Gasteiger partial charge is 0.394 e. The van der Waals surface area contributed by atoms with E-state index in [-0.39, 0.29) is 3.79 Å². The van der Waals surface area contributed by atoms with Crippen LogP contribution in [0.5, 0.6) is 0 Å². The molecule has 0 radical (unpaired) electrons. The van der Waals surface area contributed by atoms with Gasteiger partial charge in [0.25, 0.3) is 0 Å². The van der Waals surface area contributed by atoms with Gasteiger partial charge in [-0.25, -0.2) is 3.53 Å². The molecule has 12 heteroatoms. The van der Waals surface area contributed by atoms with E-state index in [0.29, 0.717) is 6.42 Å². The maximum Gasteiger partial charge on any atom is 0.227 e. The summed E-state index contributed by atoms with van der Waals surface area (Å²) in [5, 5.41) is 34.3. The van der Waals surface area contributed by atoms with E-state index in [4.69, 9.17) is 4.74 Å². The van der Waals surface area contributed by atoms with Gasteiger partial charge < -0.3 is 30.7 Å². The van der Waals surface area contributed by atoms with Crippen LogP contribution in [-0.4, -0.2) is 73.7 Å². The van der Waals surface area contributed by atoms with E-state index in [1.165, 1.54) is 6.92 Å². The Kier molecular flexibility index (Phi) is 7.00. The first kappa shape index (κ1) is 21.2. The molecule has 142 valence electrons. The molecule has 6 N–H and O–H groups in total. The highest BCUT2D eigenvalue weighted by molar-refractivity contribution is 14.1. The second-order valence-corrected chi connectivity index (χ2v) is 7.61. The van der Waals surface area contributed by atoms with Gasteiger partial charge in [-0.1, -0.05) is 0 Å². The van der Waals surface area contributed by atoms with Crippen molar-refractivity contribution in [1.82, 2.24) is 14.2 Å². The van der Waals surface area contributed by atoms with Crippen LogP contribution >= 0.6 is 45.5 Å². The summed E-state index contributed by atoms with van der Waals surface area (Å²) in [7, 11) is 0. The first-order valence-electron chi connectivity index (χ1n) is 7.45. The fraction of sp³-hybridized carbons (Fsp3) is 0.769. The van der Waals surface area contributed by atoms with Gasteiger partial charge in [-0.3, -0.25) is 14.4 Å². The van der Waals surface area contributed by atoms with E-state index >= 15 is 0 Å². The summed E-state index contributed by atoms with van der Waals surface area (Å²) < 4.78 is 8.04. The predicted octanol–water partition coefficient (Wildman–Crippen LogP) is -2.29. The van der Waals surface area contributed by atoms with Crippen LogP contribution < -0.4 is 14.2 Å². The number of aliphatic hydroxyl groups excluding tert-OH is 3. The molecule has 1 aliphatic heterocycles. The van der Waals surface area contributed by atoms with Crippen molar-refractivity contribution in [2.24, 2.45) is 5.92 Å². The summed E-state index contributed by atoms with van der Waals surface area (Å²) in [6.07, 6.45) is -4.85. The molecule has 2 fully saturated rings. The number of rotatable bonds is 6. The van der Waals surface area contributed by atoms with Gasteiger partial charge in [-0.2, -0.15) is 0 Å². The quantitative estimate of drug-likeness (QED) is 0.116. The molecule has 7 atom stereocenters.